The molecule has 0 saturated carbocycles. The average molecular weight is 223 g/mol. The van der Waals surface area contributed by atoms with Gasteiger partial charge in [-0.25, -0.2) is 4.98 Å². The Bertz CT molecular complexity index is 577. The Balaban J connectivity index is 2.04. The molecule has 1 aliphatic heterocycles. The number of aryl methyl sites for hydroxylation is 1. The zero-order valence-electron chi connectivity index (χ0n) is 9.50. The van der Waals surface area contributed by atoms with Crippen molar-refractivity contribution in [3.63, 3.8) is 0 Å². The highest BCUT2D eigenvalue weighted by atomic mass is 15.1. The molecule has 0 radical (unpaired) electrons. The van der Waals surface area contributed by atoms with E-state index in [9.17, 15) is 0 Å². The third-order valence-electron chi connectivity index (χ3n) is 3.41. The zero-order chi connectivity index (χ0) is 11.7. The molecule has 0 bridgehead atoms. The predicted octanol–water partition coefficient (Wildman–Crippen LogP) is 2.68. The molecule has 0 amide bonds. The van der Waals surface area contributed by atoms with E-state index in [1.165, 1.54) is 17.7 Å². The predicted molar refractivity (Wildman–Crippen MR) is 64.5 cm³/mol. The summed E-state index contributed by atoms with van der Waals surface area (Å²) >= 11 is 0. The summed E-state index contributed by atoms with van der Waals surface area (Å²) in [7, 11) is 0. The largest absolute Gasteiger partial charge is 0.334 e. The Kier molecular flexibility index (Phi) is 2.41. The number of benzene rings is 1. The monoisotopic (exact) mass is 223 g/mol. The van der Waals surface area contributed by atoms with Gasteiger partial charge in [-0.2, -0.15) is 5.26 Å². The van der Waals surface area contributed by atoms with E-state index in [1.807, 2.05) is 30.7 Å². The minimum Gasteiger partial charge on any atom is -0.334 e. The molecule has 0 fully saturated rings. The summed E-state index contributed by atoms with van der Waals surface area (Å²) in [4.78, 5) is 4.22. The molecule has 3 rings (SSSR count). The molecule has 84 valence electrons. The number of nitrogens with zero attached hydrogens (tertiary/aromatic N) is 3. The minimum atomic E-state index is 0.388. The van der Waals surface area contributed by atoms with E-state index in [-0.39, 0.29) is 0 Å². The molecule has 1 atom stereocenters. The molecule has 0 aliphatic carbocycles. The van der Waals surface area contributed by atoms with E-state index in [1.54, 1.807) is 0 Å². The second kappa shape index (κ2) is 4.06. The highest BCUT2D eigenvalue weighted by molar-refractivity contribution is 5.37. The van der Waals surface area contributed by atoms with Gasteiger partial charge in [-0.3, -0.25) is 0 Å². The standard InChI is InChI=1S/C14H13N3/c15-8-11-3-1-4-12(7-11)13-5-2-6-17-10-16-9-14(13)17/h1,3-4,7,9-10,13H,2,5-6H2. The van der Waals surface area contributed by atoms with E-state index in [0.717, 1.165) is 18.5 Å². The maximum atomic E-state index is 8.95. The maximum Gasteiger partial charge on any atom is 0.0991 e. The highest BCUT2D eigenvalue weighted by Gasteiger charge is 2.22. The molecule has 3 heteroatoms. The first-order valence-electron chi connectivity index (χ1n) is 5.88. The Labute approximate surface area is 100 Å². The van der Waals surface area contributed by atoms with Crippen LogP contribution in [0.4, 0.5) is 0 Å². The summed E-state index contributed by atoms with van der Waals surface area (Å²) in [5.74, 6) is 0.388. The SMILES string of the molecule is N#Cc1cccc(C2CCCn3cncc32)c1. The lowest BCUT2D eigenvalue weighted by Crippen LogP contribution is -2.15. The smallest absolute Gasteiger partial charge is 0.0991 e. The van der Waals surface area contributed by atoms with Crippen LogP contribution in [0.15, 0.2) is 36.8 Å². The van der Waals surface area contributed by atoms with Crippen molar-refractivity contribution in [2.24, 2.45) is 0 Å². The van der Waals surface area contributed by atoms with Crippen LogP contribution >= 0.6 is 0 Å². The number of imidazole rings is 1. The first-order chi connectivity index (χ1) is 8.38. The minimum absolute atomic E-state index is 0.388. The van der Waals surface area contributed by atoms with Crippen LogP contribution in [0.3, 0.4) is 0 Å². The third-order valence-corrected chi connectivity index (χ3v) is 3.41. The average Bonchev–Trinajstić information content (AvgIpc) is 2.87. The van der Waals surface area contributed by atoms with Gasteiger partial charge in [0.25, 0.3) is 0 Å². The van der Waals surface area contributed by atoms with Gasteiger partial charge in [0.2, 0.25) is 0 Å². The zero-order valence-corrected chi connectivity index (χ0v) is 9.50. The molecule has 2 heterocycles. The van der Waals surface area contributed by atoms with Gasteiger partial charge >= 0.3 is 0 Å². The van der Waals surface area contributed by atoms with E-state index in [0.29, 0.717) is 5.92 Å². The first-order valence-corrected chi connectivity index (χ1v) is 5.88. The van der Waals surface area contributed by atoms with Crippen molar-refractivity contribution >= 4 is 0 Å². The van der Waals surface area contributed by atoms with Crippen molar-refractivity contribution in [3.05, 3.63) is 53.6 Å². The molecular weight excluding hydrogens is 210 g/mol. The summed E-state index contributed by atoms with van der Waals surface area (Å²) in [5, 5.41) is 8.95. The van der Waals surface area contributed by atoms with Crippen LogP contribution in [0.2, 0.25) is 0 Å². The topological polar surface area (TPSA) is 41.6 Å². The lowest BCUT2D eigenvalue weighted by atomic mass is 9.88. The molecule has 1 unspecified atom stereocenters. The molecule has 17 heavy (non-hydrogen) atoms. The van der Waals surface area contributed by atoms with Crippen LogP contribution in [-0.4, -0.2) is 9.55 Å². The Morgan fingerprint density at radius 3 is 3.24 bits per heavy atom. The number of nitriles is 1. The first kappa shape index (κ1) is 10.1. The van der Waals surface area contributed by atoms with Gasteiger partial charge in [-0.05, 0) is 30.5 Å². The molecule has 1 aromatic heterocycles. The number of hydrogen-bond donors (Lipinski definition) is 0. The summed E-state index contributed by atoms with van der Waals surface area (Å²) in [5.41, 5.74) is 3.23. The van der Waals surface area contributed by atoms with Gasteiger partial charge in [-0.1, -0.05) is 12.1 Å². The van der Waals surface area contributed by atoms with Gasteiger partial charge < -0.3 is 4.57 Å². The van der Waals surface area contributed by atoms with Gasteiger partial charge in [0, 0.05) is 24.4 Å². The molecule has 0 N–H and O–H groups in total. The molecule has 1 aliphatic rings. The van der Waals surface area contributed by atoms with E-state index in [2.05, 4.69) is 21.7 Å². The fraction of sp³-hybridized carbons (Fsp3) is 0.286. The Morgan fingerprint density at radius 1 is 1.41 bits per heavy atom. The fourth-order valence-electron chi connectivity index (χ4n) is 2.58. The van der Waals surface area contributed by atoms with Crippen LogP contribution in [0.1, 0.15) is 35.6 Å². The molecule has 0 saturated heterocycles. The number of fused-ring (bicyclic) bond motifs is 1. The number of aromatic nitrogens is 2. The molecule has 0 spiro atoms. The normalized spacial score (nSPS) is 18.4. The van der Waals surface area contributed by atoms with Crippen molar-refractivity contribution in [1.29, 1.82) is 5.26 Å². The van der Waals surface area contributed by atoms with Crippen molar-refractivity contribution in [3.8, 4) is 6.07 Å². The van der Waals surface area contributed by atoms with Crippen molar-refractivity contribution in [2.75, 3.05) is 0 Å². The van der Waals surface area contributed by atoms with Gasteiger partial charge in [-0.15, -0.1) is 0 Å². The fourth-order valence-corrected chi connectivity index (χ4v) is 2.58. The highest BCUT2D eigenvalue weighted by Crippen LogP contribution is 2.33. The second-order valence-electron chi connectivity index (χ2n) is 4.44. The van der Waals surface area contributed by atoms with Gasteiger partial charge in [0.1, 0.15) is 0 Å². The summed E-state index contributed by atoms with van der Waals surface area (Å²) in [6.45, 7) is 1.06. The maximum absolute atomic E-state index is 8.95. The molecule has 2 aromatic rings. The molecule has 1 aromatic carbocycles. The van der Waals surface area contributed by atoms with Crippen LogP contribution in [0.5, 0.6) is 0 Å². The van der Waals surface area contributed by atoms with E-state index in [4.69, 9.17) is 5.26 Å². The third kappa shape index (κ3) is 1.72. The van der Waals surface area contributed by atoms with Crippen molar-refractivity contribution in [1.82, 2.24) is 9.55 Å². The van der Waals surface area contributed by atoms with E-state index < -0.39 is 0 Å². The summed E-state index contributed by atoms with van der Waals surface area (Å²) in [6.07, 6.45) is 6.16. The van der Waals surface area contributed by atoms with Crippen molar-refractivity contribution in [2.45, 2.75) is 25.3 Å². The van der Waals surface area contributed by atoms with Crippen LogP contribution in [-0.2, 0) is 6.54 Å². The lowest BCUT2D eigenvalue weighted by Gasteiger charge is -2.24. The Morgan fingerprint density at radius 2 is 2.35 bits per heavy atom. The Hall–Kier alpha value is -2.08. The van der Waals surface area contributed by atoms with Crippen molar-refractivity contribution < 1.29 is 0 Å². The summed E-state index contributed by atoms with van der Waals surface area (Å²) in [6, 6.07) is 10.1. The number of hydrogen-bond acceptors (Lipinski definition) is 2. The van der Waals surface area contributed by atoms with E-state index >= 15 is 0 Å². The molecule has 3 nitrogen and oxygen atoms in total. The second-order valence-corrected chi connectivity index (χ2v) is 4.44. The number of rotatable bonds is 1. The van der Waals surface area contributed by atoms with Crippen LogP contribution in [0, 0.1) is 11.3 Å². The van der Waals surface area contributed by atoms with Crippen LogP contribution in [0.25, 0.3) is 0 Å². The lowest BCUT2D eigenvalue weighted by molar-refractivity contribution is 0.491. The summed E-state index contributed by atoms with van der Waals surface area (Å²) < 4.78 is 2.22. The molecular formula is C14H13N3. The van der Waals surface area contributed by atoms with Gasteiger partial charge in [0.15, 0.2) is 0 Å². The van der Waals surface area contributed by atoms with Crippen LogP contribution < -0.4 is 0 Å². The van der Waals surface area contributed by atoms with Gasteiger partial charge in [0.05, 0.1) is 18.0 Å². The quantitative estimate of drug-likeness (QED) is 0.745.